The smallest absolute Gasteiger partial charge is 0.317 e. The third-order valence-corrected chi connectivity index (χ3v) is 1.38. The number of rotatable bonds is 7. The molecule has 0 aromatic rings. The lowest BCUT2D eigenvalue weighted by Gasteiger charge is -2.13. The summed E-state index contributed by atoms with van der Waals surface area (Å²) in [4.78, 5) is 31.1. The zero-order chi connectivity index (χ0) is 11.8. The molecule has 0 aliphatic carbocycles. The molecule has 0 bridgehead atoms. The van der Waals surface area contributed by atoms with Crippen LogP contribution in [0.3, 0.4) is 0 Å². The fraction of sp³-hybridized carbons (Fsp3) is 0.571. The van der Waals surface area contributed by atoms with Gasteiger partial charge < -0.3 is 10.2 Å². The molecule has 0 aliphatic heterocycles. The Kier molecular flexibility index (Phi) is 5.99. The van der Waals surface area contributed by atoms with Crippen LogP contribution in [0.5, 0.6) is 0 Å². The highest BCUT2D eigenvalue weighted by atomic mass is 16.5. The van der Waals surface area contributed by atoms with Gasteiger partial charge in [-0.05, 0) is 0 Å². The Balaban J connectivity index is 3.69. The first-order chi connectivity index (χ1) is 6.93. The van der Waals surface area contributed by atoms with E-state index in [1.54, 1.807) is 0 Å². The second-order valence-corrected chi connectivity index (χ2v) is 2.66. The summed E-state index contributed by atoms with van der Waals surface area (Å²) in [6.45, 7) is -1.09. The summed E-state index contributed by atoms with van der Waals surface area (Å²) in [7, 11) is 0. The number of hydrogen-bond acceptors (Lipinski definition) is 5. The number of carbonyl (C=O) groups excluding carboxylic acids is 1. The largest absolute Gasteiger partial charge is 0.481 e. The van der Waals surface area contributed by atoms with E-state index in [-0.39, 0.29) is 24.6 Å². The van der Waals surface area contributed by atoms with Crippen molar-refractivity contribution < 1.29 is 29.8 Å². The van der Waals surface area contributed by atoms with Crippen molar-refractivity contribution in [1.29, 1.82) is 0 Å². The second-order valence-electron chi connectivity index (χ2n) is 2.66. The molecule has 0 atom stereocenters. The number of carbonyl (C=O) groups is 3. The van der Waals surface area contributed by atoms with Gasteiger partial charge in [0.2, 0.25) is 0 Å². The number of carboxylic acid groups (broad SMARTS) is 2. The minimum Gasteiger partial charge on any atom is -0.481 e. The summed E-state index contributed by atoms with van der Waals surface area (Å²) in [5.41, 5.74) is 0. The SMILES string of the molecule is O=C(O)CCN(O)C(=O)CNCC(=O)O. The molecule has 8 nitrogen and oxygen atoms in total. The molecule has 0 heterocycles. The topological polar surface area (TPSA) is 127 Å². The molecule has 0 unspecified atom stereocenters. The number of nitrogens with zero attached hydrogens (tertiary/aromatic N) is 1. The van der Waals surface area contributed by atoms with Crippen LogP contribution in [-0.2, 0) is 14.4 Å². The number of hydrogen-bond donors (Lipinski definition) is 4. The standard InChI is InChI=1S/C7H12N2O6/c10-5(3-8-4-7(13)14)9(15)2-1-6(11)12/h8,15H,1-4H2,(H,11,12)(H,13,14). The van der Waals surface area contributed by atoms with E-state index < -0.39 is 24.4 Å². The summed E-state index contributed by atoms with van der Waals surface area (Å²) >= 11 is 0. The summed E-state index contributed by atoms with van der Waals surface area (Å²) in [5.74, 6) is -3.05. The van der Waals surface area contributed by atoms with Crippen LogP contribution in [0, 0.1) is 0 Å². The average molecular weight is 220 g/mol. The van der Waals surface area contributed by atoms with E-state index >= 15 is 0 Å². The van der Waals surface area contributed by atoms with E-state index in [2.05, 4.69) is 5.32 Å². The number of amides is 1. The second kappa shape index (κ2) is 6.74. The summed E-state index contributed by atoms with van der Waals surface area (Å²) in [6, 6.07) is 0. The molecule has 1 amide bonds. The molecule has 0 radical (unpaired) electrons. The molecule has 0 aromatic heterocycles. The molecule has 8 heteroatoms. The molecular formula is C7H12N2O6. The first-order valence-corrected chi connectivity index (χ1v) is 4.07. The number of hydroxylamine groups is 2. The van der Waals surface area contributed by atoms with Crippen LogP contribution in [0.15, 0.2) is 0 Å². The van der Waals surface area contributed by atoms with E-state index in [1.165, 1.54) is 0 Å². The van der Waals surface area contributed by atoms with Crippen molar-refractivity contribution in [2.45, 2.75) is 6.42 Å². The average Bonchev–Trinajstić information content (AvgIpc) is 2.13. The Hall–Kier alpha value is -1.67. The first kappa shape index (κ1) is 13.3. The van der Waals surface area contributed by atoms with Crippen LogP contribution in [0.2, 0.25) is 0 Å². The maximum Gasteiger partial charge on any atom is 0.317 e. The van der Waals surface area contributed by atoms with E-state index in [9.17, 15) is 14.4 Å². The molecule has 0 aliphatic rings. The van der Waals surface area contributed by atoms with Gasteiger partial charge in [-0.15, -0.1) is 0 Å². The van der Waals surface area contributed by atoms with Crippen molar-refractivity contribution in [2.75, 3.05) is 19.6 Å². The predicted molar refractivity (Wildman–Crippen MR) is 46.3 cm³/mol. The van der Waals surface area contributed by atoms with Gasteiger partial charge in [-0.1, -0.05) is 0 Å². The Labute approximate surface area is 85.1 Å². The van der Waals surface area contributed by atoms with Crippen LogP contribution in [-0.4, -0.2) is 58.0 Å². The van der Waals surface area contributed by atoms with Crippen LogP contribution >= 0.6 is 0 Å². The Morgan fingerprint density at radius 2 is 1.67 bits per heavy atom. The summed E-state index contributed by atoms with van der Waals surface area (Å²) < 4.78 is 0. The molecule has 0 saturated heterocycles. The van der Waals surface area contributed by atoms with Gasteiger partial charge in [-0.2, -0.15) is 0 Å². The van der Waals surface area contributed by atoms with Crippen molar-refractivity contribution in [3.05, 3.63) is 0 Å². The van der Waals surface area contributed by atoms with Gasteiger partial charge in [-0.25, -0.2) is 5.06 Å². The van der Waals surface area contributed by atoms with Gasteiger partial charge in [0.25, 0.3) is 5.91 Å². The van der Waals surface area contributed by atoms with Crippen LogP contribution in [0.1, 0.15) is 6.42 Å². The van der Waals surface area contributed by atoms with Crippen molar-refractivity contribution in [1.82, 2.24) is 10.4 Å². The fourth-order valence-corrected chi connectivity index (χ4v) is 0.694. The van der Waals surface area contributed by atoms with E-state index in [4.69, 9.17) is 15.4 Å². The highest BCUT2D eigenvalue weighted by Crippen LogP contribution is 1.87. The van der Waals surface area contributed by atoms with Gasteiger partial charge >= 0.3 is 11.9 Å². The summed E-state index contributed by atoms with van der Waals surface area (Å²) in [6.07, 6.45) is -0.374. The summed E-state index contributed by atoms with van der Waals surface area (Å²) in [5, 5.41) is 27.9. The van der Waals surface area contributed by atoms with Gasteiger partial charge in [0, 0.05) is 0 Å². The molecule has 4 N–H and O–H groups in total. The fourth-order valence-electron chi connectivity index (χ4n) is 0.694. The minimum absolute atomic E-state index is 0.239. The van der Waals surface area contributed by atoms with Crippen LogP contribution in [0.4, 0.5) is 0 Å². The molecule has 86 valence electrons. The Morgan fingerprint density at radius 3 is 2.13 bits per heavy atom. The van der Waals surface area contributed by atoms with Crippen molar-refractivity contribution in [3.63, 3.8) is 0 Å². The molecule has 0 aromatic carbocycles. The van der Waals surface area contributed by atoms with Gasteiger partial charge in [0.15, 0.2) is 0 Å². The first-order valence-electron chi connectivity index (χ1n) is 4.07. The maximum absolute atomic E-state index is 11.0. The normalized spacial score (nSPS) is 9.67. The predicted octanol–water partition coefficient (Wildman–Crippen LogP) is -1.65. The number of nitrogens with one attached hydrogen (secondary N) is 1. The lowest BCUT2D eigenvalue weighted by atomic mass is 10.4. The zero-order valence-electron chi connectivity index (χ0n) is 7.84. The van der Waals surface area contributed by atoms with Crippen molar-refractivity contribution in [3.8, 4) is 0 Å². The van der Waals surface area contributed by atoms with E-state index in [0.717, 1.165) is 0 Å². The minimum atomic E-state index is -1.14. The molecule has 0 fully saturated rings. The van der Waals surface area contributed by atoms with Crippen molar-refractivity contribution in [2.24, 2.45) is 0 Å². The third-order valence-electron chi connectivity index (χ3n) is 1.38. The Bertz CT molecular complexity index is 254. The van der Waals surface area contributed by atoms with Crippen LogP contribution in [0.25, 0.3) is 0 Å². The quantitative estimate of drug-likeness (QED) is 0.299. The number of carboxylic acids is 2. The maximum atomic E-state index is 11.0. The molecule has 15 heavy (non-hydrogen) atoms. The highest BCUT2D eigenvalue weighted by Gasteiger charge is 2.11. The van der Waals surface area contributed by atoms with E-state index in [1.807, 2.05) is 0 Å². The lowest BCUT2D eigenvalue weighted by Crippen LogP contribution is -2.38. The molecule has 0 spiro atoms. The monoisotopic (exact) mass is 220 g/mol. The van der Waals surface area contributed by atoms with Crippen molar-refractivity contribution >= 4 is 17.8 Å². The highest BCUT2D eigenvalue weighted by molar-refractivity contribution is 5.78. The third kappa shape index (κ3) is 7.40. The number of aliphatic carboxylic acids is 2. The Morgan fingerprint density at radius 1 is 1.07 bits per heavy atom. The van der Waals surface area contributed by atoms with Crippen LogP contribution < -0.4 is 5.32 Å². The lowest BCUT2D eigenvalue weighted by molar-refractivity contribution is -0.166. The zero-order valence-corrected chi connectivity index (χ0v) is 7.84. The molecular weight excluding hydrogens is 208 g/mol. The molecule has 0 rings (SSSR count). The van der Waals surface area contributed by atoms with Gasteiger partial charge in [-0.3, -0.25) is 24.9 Å². The van der Waals surface area contributed by atoms with Gasteiger partial charge in [0.05, 0.1) is 26.1 Å². The van der Waals surface area contributed by atoms with Gasteiger partial charge in [0.1, 0.15) is 0 Å². The van der Waals surface area contributed by atoms with E-state index in [0.29, 0.717) is 0 Å². The molecule has 0 saturated carbocycles.